The van der Waals surface area contributed by atoms with Crippen LogP contribution in [0.4, 0.5) is 0 Å². The molecule has 0 aromatic carbocycles. The van der Waals surface area contributed by atoms with Gasteiger partial charge in [0.15, 0.2) is 0 Å². The zero-order chi connectivity index (χ0) is 10.3. The lowest BCUT2D eigenvalue weighted by atomic mass is 10.3. The molecule has 0 N–H and O–H groups in total. The lowest BCUT2D eigenvalue weighted by Crippen LogP contribution is -1.96. The van der Waals surface area contributed by atoms with Gasteiger partial charge in [0.2, 0.25) is 0 Å². The van der Waals surface area contributed by atoms with Crippen LogP contribution in [0, 0.1) is 5.92 Å². The predicted molar refractivity (Wildman–Crippen MR) is 62.1 cm³/mol. The van der Waals surface area contributed by atoms with E-state index in [1.54, 1.807) is 6.20 Å². The first-order valence-corrected chi connectivity index (χ1v) is 5.82. The summed E-state index contributed by atoms with van der Waals surface area (Å²) in [5.74, 6) is 0.972. The molecule has 0 amide bonds. The Morgan fingerprint density at radius 3 is 3.07 bits per heavy atom. The summed E-state index contributed by atoms with van der Waals surface area (Å²) < 4.78 is 2.28. The van der Waals surface area contributed by atoms with Crippen molar-refractivity contribution in [2.45, 2.75) is 25.8 Å². The van der Waals surface area contributed by atoms with Crippen LogP contribution in [0.3, 0.4) is 0 Å². The van der Waals surface area contributed by atoms with Crippen molar-refractivity contribution in [3.8, 4) is 0 Å². The summed E-state index contributed by atoms with van der Waals surface area (Å²) >= 11 is 6.02. The molecule has 0 spiro atoms. The van der Waals surface area contributed by atoms with Crippen LogP contribution in [0.2, 0.25) is 5.15 Å². The van der Waals surface area contributed by atoms with Gasteiger partial charge in [0.05, 0.1) is 5.52 Å². The Balaban J connectivity index is 1.92. The van der Waals surface area contributed by atoms with E-state index >= 15 is 0 Å². The molecule has 2 aromatic rings. The van der Waals surface area contributed by atoms with Crippen molar-refractivity contribution in [2.24, 2.45) is 5.92 Å². The first-order chi connectivity index (χ1) is 7.34. The second-order valence-electron chi connectivity index (χ2n) is 4.28. The van der Waals surface area contributed by atoms with Crippen molar-refractivity contribution in [2.75, 3.05) is 0 Å². The summed E-state index contributed by atoms with van der Waals surface area (Å²) in [7, 11) is 0. The van der Waals surface area contributed by atoms with Gasteiger partial charge >= 0.3 is 0 Å². The number of pyridine rings is 1. The third-order valence-electron chi connectivity index (χ3n) is 3.12. The zero-order valence-corrected chi connectivity index (χ0v) is 9.24. The van der Waals surface area contributed by atoms with Gasteiger partial charge in [-0.1, -0.05) is 24.4 Å². The highest BCUT2D eigenvalue weighted by Gasteiger charge is 2.20. The summed E-state index contributed by atoms with van der Waals surface area (Å²) in [5, 5.41) is 1.67. The molecule has 0 saturated heterocycles. The molecule has 15 heavy (non-hydrogen) atoms. The van der Waals surface area contributed by atoms with Gasteiger partial charge in [-0.15, -0.1) is 0 Å². The molecule has 3 rings (SSSR count). The number of hydrogen-bond acceptors (Lipinski definition) is 1. The number of aryl methyl sites for hydroxylation is 1. The third kappa shape index (κ3) is 1.74. The lowest BCUT2D eigenvalue weighted by molar-refractivity contribution is 0.611. The fourth-order valence-corrected chi connectivity index (χ4v) is 2.23. The van der Waals surface area contributed by atoms with E-state index in [9.17, 15) is 0 Å². The molecule has 1 aliphatic carbocycles. The molecule has 78 valence electrons. The number of rotatable bonds is 3. The summed E-state index contributed by atoms with van der Waals surface area (Å²) in [6.07, 6.45) is 8.02. The van der Waals surface area contributed by atoms with Crippen LogP contribution < -0.4 is 0 Å². The van der Waals surface area contributed by atoms with Gasteiger partial charge in [0.1, 0.15) is 5.15 Å². The van der Waals surface area contributed by atoms with Crippen molar-refractivity contribution in [3.63, 3.8) is 0 Å². The molecule has 0 radical (unpaired) electrons. The minimum absolute atomic E-state index is 0.609. The van der Waals surface area contributed by atoms with Crippen molar-refractivity contribution >= 4 is 22.5 Å². The highest BCUT2D eigenvalue weighted by molar-refractivity contribution is 6.34. The van der Waals surface area contributed by atoms with E-state index in [2.05, 4.69) is 21.8 Å². The summed E-state index contributed by atoms with van der Waals surface area (Å²) in [6.45, 7) is 1.11. The first-order valence-electron chi connectivity index (χ1n) is 5.44. The average molecular weight is 221 g/mol. The SMILES string of the molecule is Clc1nccc2c1ccn2CCC1CC1. The van der Waals surface area contributed by atoms with E-state index in [0.717, 1.165) is 17.8 Å². The van der Waals surface area contributed by atoms with E-state index in [-0.39, 0.29) is 0 Å². The standard InChI is InChI=1S/C12H13ClN2/c13-12-10-5-8-15(7-4-9-1-2-9)11(10)3-6-14-12/h3,5-6,8-9H,1-2,4,7H2. The van der Waals surface area contributed by atoms with E-state index in [0.29, 0.717) is 5.15 Å². The van der Waals surface area contributed by atoms with Crippen molar-refractivity contribution in [3.05, 3.63) is 29.7 Å². The molecule has 0 atom stereocenters. The van der Waals surface area contributed by atoms with Gasteiger partial charge in [-0.05, 0) is 24.5 Å². The van der Waals surface area contributed by atoms with E-state index in [4.69, 9.17) is 11.6 Å². The Morgan fingerprint density at radius 1 is 1.40 bits per heavy atom. The van der Waals surface area contributed by atoms with Gasteiger partial charge in [-0.25, -0.2) is 4.98 Å². The number of hydrogen-bond donors (Lipinski definition) is 0. The van der Waals surface area contributed by atoms with Gasteiger partial charge in [0, 0.05) is 24.3 Å². The highest BCUT2D eigenvalue weighted by Crippen LogP contribution is 2.33. The number of halogens is 1. The molecule has 1 fully saturated rings. The molecular weight excluding hydrogens is 208 g/mol. The van der Waals surface area contributed by atoms with Crippen LogP contribution in [-0.2, 0) is 6.54 Å². The van der Waals surface area contributed by atoms with Crippen LogP contribution in [-0.4, -0.2) is 9.55 Å². The minimum atomic E-state index is 0.609. The molecule has 3 heteroatoms. The Labute approximate surface area is 93.9 Å². The van der Waals surface area contributed by atoms with E-state index in [1.165, 1.54) is 24.8 Å². The van der Waals surface area contributed by atoms with Gasteiger partial charge in [-0.3, -0.25) is 0 Å². The maximum absolute atomic E-state index is 6.02. The normalized spacial score (nSPS) is 16.1. The highest BCUT2D eigenvalue weighted by atomic mass is 35.5. The number of aromatic nitrogens is 2. The quantitative estimate of drug-likeness (QED) is 0.724. The molecule has 0 unspecified atom stereocenters. The van der Waals surface area contributed by atoms with Gasteiger partial charge in [-0.2, -0.15) is 0 Å². The largest absolute Gasteiger partial charge is 0.347 e. The summed E-state index contributed by atoms with van der Waals surface area (Å²) in [4.78, 5) is 4.08. The fraction of sp³-hybridized carbons (Fsp3) is 0.417. The summed E-state index contributed by atoms with van der Waals surface area (Å²) in [6, 6.07) is 4.09. The van der Waals surface area contributed by atoms with Gasteiger partial charge in [0.25, 0.3) is 0 Å². The predicted octanol–water partition coefficient (Wildman–Crippen LogP) is 3.49. The van der Waals surface area contributed by atoms with Crippen molar-refractivity contribution < 1.29 is 0 Å². The maximum Gasteiger partial charge on any atom is 0.138 e. The van der Waals surface area contributed by atoms with E-state index in [1.807, 2.05) is 6.07 Å². The molecule has 2 aromatic heterocycles. The van der Waals surface area contributed by atoms with Crippen LogP contribution in [0.1, 0.15) is 19.3 Å². The first kappa shape index (κ1) is 9.22. The van der Waals surface area contributed by atoms with Crippen LogP contribution in [0.25, 0.3) is 10.9 Å². The smallest absolute Gasteiger partial charge is 0.138 e. The second-order valence-corrected chi connectivity index (χ2v) is 4.63. The van der Waals surface area contributed by atoms with Gasteiger partial charge < -0.3 is 4.57 Å². The topological polar surface area (TPSA) is 17.8 Å². The third-order valence-corrected chi connectivity index (χ3v) is 3.43. The monoisotopic (exact) mass is 220 g/mol. The van der Waals surface area contributed by atoms with Crippen LogP contribution >= 0.6 is 11.6 Å². The fourth-order valence-electron chi connectivity index (χ4n) is 2.01. The Bertz CT molecular complexity index is 485. The lowest BCUT2D eigenvalue weighted by Gasteiger charge is -2.04. The molecule has 1 saturated carbocycles. The number of nitrogens with zero attached hydrogens (tertiary/aromatic N) is 2. The van der Waals surface area contributed by atoms with Crippen LogP contribution in [0.5, 0.6) is 0 Å². The molecule has 0 bridgehead atoms. The minimum Gasteiger partial charge on any atom is -0.347 e. The second kappa shape index (κ2) is 3.53. The maximum atomic E-state index is 6.02. The Kier molecular flexibility index (Phi) is 2.17. The van der Waals surface area contributed by atoms with Crippen LogP contribution in [0.15, 0.2) is 24.5 Å². The summed E-state index contributed by atoms with van der Waals surface area (Å²) in [5.41, 5.74) is 1.20. The molecule has 2 heterocycles. The molecular formula is C12H13ClN2. The zero-order valence-electron chi connectivity index (χ0n) is 8.49. The average Bonchev–Trinajstić information content (AvgIpc) is 2.97. The number of fused-ring (bicyclic) bond motifs is 1. The Hall–Kier alpha value is -1.02. The molecule has 0 aliphatic heterocycles. The van der Waals surface area contributed by atoms with E-state index < -0.39 is 0 Å². The molecule has 1 aliphatic rings. The Morgan fingerprint density at radius 2 is 2.27 bits per heavy atom. The molecule has 2 nitrogen and oxygen atoms in total. The van der Waals surface area contributed by atoms with Crippen molar-refractivity contribution in [1.82, 2.24) is 9.55 Å². The van der Waals surface area contributed by atoms with Crippen molar-refractivity contribution in [1.29, 1.82) is 0 Å².